The van der Waals surface area contributed by atoms with Gasteiger partial charge in [0.05, 0.1) is 5.41 Å². The standard InChI is InChI=1S/C12H22N2O2/c1-12(11(15)16)4-2-10(3-5-12)14-8-6-13-7-9-14/h10,13H,2-9H2,1H3,(H,15,16). The summed E-state index contributed by atoms with van der Waals surface area (Å²) in [6.45, 7) is 6.28. The Morgan fingerprint density at radius 2 is 1.88 bits per heavy atom. The summed E-state index contributed by atoms with van der Waals surface area (Å²) in [7, 11) is 0. The Morgan fingerprint density at radius 3 is 2.38 bits per heavy atom. The van der Waals surface area contributed by atoms with E-state index in [1.165, 1.54) is 0 Å². The van der Waals surface area contributed by atoms with E-state index in [9.17, 15) is 9.90 Å². The van der Waals surface area contributed by atoms with Gasteiger partial charge in [-0.05, 0) is 32.6 Å². The summed E-state index contributed by atoms with van der Waals surface area (Å²) in [6.07, 6.45) is 3.75. The molecule has 2 N–H and O–H groups in total. The van der Waals surface area contributed by atoms with E-state index in [-0.39, 0.29) is 0 Å². The van der Waals surface area contributed by atoms with Crippen LogP contribution < -0.4 is 5.32 Å². The van der Waals surface area contributed by atoms with Crippen LogP contribution in [-0.4, -0.2) is 48.2 Å². The van der Waals surface area contributed by atoms with Crippen molar-refractivity contribution in [3.8, 4) is 0 Å². The van der Waals surface area contributed by atoms with Gasteiger partial charge in [-0.3, -0.25) is 9.69 Å². The summed E-state index contributed by atoms with van der Waals surface area (Å²) in [5.74, 6) is -0.619. The predicted molar refractivity (Wildman–Crippen MR) is 62.4 cm³/mol. The van der Waals surface area contributed by atoms with E-state index in [1.54, 1.807) is 0 Å². The third kappa shape index (κ3) is 2.38. The van der Waals surface area contributed by atoms with Crippen molar-refractivity contribution < 1.29 is 9.90 Å². The maximum absolute atomic E-state index is 11.1. The molecule has 0 bridgehead atoms. The minimum atomic E-state index is -0.619. The number of nitrogens with one attached hydrogen (secondary N) is 1. The maximum atomic E-state index is 11.1. The van der Waals surface area contributed by atoms with Crippen molar-refractivity contribution in [2.75, 3.05) is 26.2 Å². The molecule has 92 valence electrons. The molecule has 1 aliphatic carbocycles. The lowest BCUT2D eigenvalue weighted by Gasteiger charge is -2.41. The first-order valence-corrected chi connectivity index (χ1v) is 6.30. The fraction of sp³-hybridized carbons (Fsp3) is 0.917. The number of nitrogens with zero attached hydrogens (tertiary/aromatic N) is 1. The SMILES string of the molecule is CC1(C(=O)O)CCC(N2CCNCC2)CC1. The van der Waals surface area contributed by atoms with E-state index in [0.717, 1.165) is 51.9 Å². The van der Waals surface area contributed by atoms with E-state index in [1.807, 2.05) is 6.92 Å². The van der Waals surface area contributed by atoms with Gasteiger partial charge in [0.2, 0.25) is 0 Å². The zero-order valence-corrected chi connectivity index (χ0v) is 10.0. The van der Waals surface area contributed by atoms with Crippen molar-refractivity contribution in [2.24, 2.45) is 5.41 Å². The van der Waals surface area contributed by atoms with Crippen molar-refractivity contribution in [2.45, 2.75) is 38.6 Å². The third-order valence-electron chi connectivity index (χ3n) is 4.24. The average Bonchev–Trinajstić information content (AvgIpc) is 2.31. The van der Waals surface area contributed by atoms with Crippen molar-refractivity contribution in [1.82, 2.24) is 10.2 Å². The molecule has 2 fully saturated rings. The van der Waals surface area contributed by atoms with Gasteiger partial charge in [0.1, 0.15) is 0 Å². The van der Waals surface area contributed by atoms with Gasteiger partial charge < -0.3 is 10.4 Å². The van der Waals surface area contributed by atoms with E-state index < -0.39 is 11.4 Å². The summed E-state index contributed by atoms with van der Waals surface area (Å²) in [6, 6.07) is 0.620. The van der Waals surface area contributed by atoms with Gasteiger partial charge in [-0.1, -0.05) is 0 Å². The number of carboxylic acids is 1. The Morgan fingerprint density at radius 1 is 1.31 bits per heavy atom. The van der Waals surface area contributed by atoms with Gasteiger partial charge in [0, 0.05) is 32.2 Å². The Balaban J connectivity index is 1.87. The summed E-state index contributed by atoms with van der Waals surface area (Å²) in [5.41, 5.74) is -0.468. The number of rotatable bonds is 2. The Kier molecular flexibility index (Phi) is 3.50. The van der Waals surface area contributed by atoms with Gasteiger partial charge in [0.25, 0.3) is 0 Å². The molecule has 0 aromatic heterocycles. The van der Waals surface area contributed by atoms with E-state index in [0.29, 0.717) is 6.04 Å². The molecule has 0 aromatic carbocycles. The monoisotopic (exact) mass is 226 g/mol. The zero-order valence-electron chi connectivity index (χ0n) is 10.0. The van der Waals surface area contributed by atoms with Gasteiger partial charge in [-0.2, -0.15) is 0 Å². The molecule has 1 heterocycles. The highest BCUT2D eigenvalue weighted by atomic mass is 16.4. The smallest absolute Gasteiger partial charge is 0.309 e. The molecular formula is C12H22N2O2. The summed E-state index contributed by atoms with van der Waals surface area (Å²) >= 11 is 0. The molecule has 1 saturated carbocycles. The van der Waals surface area contributed by atoms with Crippen molar-refractivity contribution in [3.63, 3.8) is 0 Å². The van der Waals surface area contributed by atoms with Crippen LogP contribution in [0.3, 0.4) is 0 Å². The first-order chi connectivity index (χ1) is 7.62. The van der Waals surface area contributed by atoms with Crippen LogP contribution in [0.5, 0.6) is 0 Å². The molecule has 0 atom stereocenters. The first-order valence-electron chi connectivity index (χ1n) is 6.30. The number of carbonyl (C=O) groups is 1. The minimum Gasteiger partial charge on any atom is -0.481 e. The van der Waals surface area contributed by atoms with Crippen LogP contribution in [0.2, 0.25) is 0 Å². The van der Waals surface area contributed by atoms with Gasteiger partial charge in [-0.25, -0.2) is 0 Å². The zero-order chi connectivity index (χ0) is 11.6. The van der Waals surface area contributed by atoms with Crippen LogP contribution in [0.1, 0.15) is 32.6 Å². The van der Waals surface area contributed by atoms with Gasteiger partial charge >= 0.3 is 5.97 Å². The number of hydrogen-bond acceptors (Lipinski definition) is 3. The Bertz CT molecular complexity index is 254. The fourth-order valence-corrected chi connectivity index (χ4v) is 2.87. The predicted octanol–water partition coefficient (Wildman–Crippen LogP) is 0.925. The molecule has 0 unspecified atom stereocenters. The number of aliphatic carboxylic acids is 1. The first kappa shape index (κ1) is 11.9. The molecule has 2 rings (SSSR count). The highest BCUT2D eigenvalue weighted by molar-refractivity contribution is 5.74. The minimum absolute atomic E-state index is 0.468. The average molecular weight is 226 g/mol. The normalized spacial score (nSPS) is 37.2. The second kappa shape index (κ2) is 4.72. The van der Waals surface area contributed by atoms with Crippen LogP contribution in [0.4, 0.5) is 0 Å². The fourth-order valence-electron chi connectivity index (χ4n) is 2.87. The maximum Gasteiger partial charge on any atom is 0.309 e. The summed E-state index contributed by atoms with van der Waals surface area (Å²) < 4.78 is 0. The molecule has 0 aromatic rings. The molecular weight excluding hydrogens is 204 g/mol. The molecule has 1 aliphatic heterocycles. The second-order valence-corrected chi connectivity index (χ2v) is 5.38. The molecule has 0 amide bonds. The van der Waals surface area contributed by atoms with Crippen LogP contribution in [0.25, 0.3) is 0 Å². The molecule has 2 aliphatic rings. The van der Waals surface area contributed by atoms with Gasteiger partial charge in [0.15, 0.2) is 0 Å². The lowest BCUT2D eigenvalue weighted by atomic mass is 9.73. The molecule has 4 heteroatoms. The Hall–Kier alpha value is -0.610. The summed E-state index contributed by atoms with van der Waals surface area (Å²) in [4.78, 5) is 13.7. The van der Waals surface area contributed by atoms with Crippen LogP contribution in [0.15, 0.2) is 0 Å². The topological polar surface area (TPSA) is 52.6 Å². The number of hydrogen-bond donors (Lipinski definition) is 2. The summed E-state index contributed by atoms with van der Waals surface area (Å²) in [5, 5.41) is 12.5. The molecule has 0 radical (unpaired) electrons. The lowest BCUT2D eigenvalue weighted by molar-refractivity contribution is -0.150. The van der Waals surface area contributed by atoms with Crippen LogP contribution in [0, 0.1) is 5.41 Å². The van der Waals surface area contributed by atoms with Crippen molar-refractivity contribution in [1.29, 1.82) is 0 Å². The van der Waals surface area contributed by atoms with E-state index in [4.69, 9.17) is 0 Å². The molecule has 4 nitrogen and oxygen atoms in total. The second-order valence-electron chi connectivity index (χ2n) is 5.38. The highest BCUT2D eigenvalue weighted by Gasteiger charge is 2.38. The van der Waals surface area contributed by atoms with Crippen molar-refractivity contribution >= 4 is 5.97 Å². The Labute approximate surface area is 97.0 Å². The molecule has 1 saturated heterocycles. The van der Waals surface area contributed by atoms with E-state index >= 15 is 0 Å². The highest BCUT2D eigenvalue weighted by Crippen LogP contribution is 2.37. The quantitative estimate of drug-likeness (QED) is 0.735. The van der Waals surface area contributed by atoms with E-state index in [2.05, 4.69) is 10.2 Å². The third-order valence-corrected chi connectivity index (χ3v) is 4.24. The van der Waals surface area contributed by atoms with Crippen molar-refractivity contribution in [3.05, 3.63) is 0 Å². The lowest BCUT2D eigenvalue weighted by Crippen LogP contribution is -2.50. The number of carboxylic acid groups (broad SMARTS) is 1. The molecule has 0 spiro atoms. The number of piperazine rings is 1. The molecule has 16 heavy (non-hydrogen) atoms. The van der Waals surface area contributed by atoms with Crippen LogP contribution >= 0.6 is 0 Å². The van der Waals surface area contributed by atoms with Crippen LogP contribution in [-0.2, 0) is 4.79 Å². The van der Waals surface area contributed by atoms with Gasteiger partial charge in [-0.15, -0.1) is 0 Å². The largest absolute Gasteiger partial charge is 0.481 e.